The first-order chi connectivity index (χ1) is 5.09. The van der Waals surface area contributed by atoms with Crippen molar-refractivity contribution in [2.45, 2.75) is 31.9 Å². The van der Waals surface area contributed by atoms with Crippen molar-refractivity contribution in [3.63, 3.8) is 0 Å². The summed E-state index contributed by atoms with van der Waals surface area (Å²) in [5.41, 5.74) is 0. The van der Waals surface area contributed by atoms with Crippen molar-refractivity contribution in [3.8, 4) is 0 Å². The lowest BCUT2D eigenvalue weighted by molar-refractivity contribution is -0.155. The Morgan fingerprint density at radius 2 is 2.18 bits per heavy atom. The average Bonchev–Trinajstić information content (AvgIpc) is 1.85. The molecule has 0 aromatic carbocycles. The fraction of sp³-hybridized carbons (Fsp3) is 0.875. The highest BCUT2D eigenvalue weighted by atomic mass is 16.5. The largest absolute Gasteiger partial charge is 0.463 e. The summed E-state index contributed by atoms with van der Waals surface area (Å²) >= 11 is 0. The van der Waals surface area contributed by atoms with Crippen LogP contribution in [0.1, 0.15) is 19.8 Å². The van der Waals surface area contributed by atoms with Crippen LogP contribution in [0.25, 0.3) is 0 Å². The quantitative estimate of drug-likeness (QED) is 0.523. The lowest BCUT2D eigenvalue weighted by atomic mass is 10.0. The van der Waals surface area contributed by atoms with Crippen molar-refractivity contribution in [1.29, 1.82) is 0 Å². The molecule has 1 saturated heterocycles. The molecule has 0 saturated carbocycles. The molecule has 0 radical (unpaired) electrons. The first-order valence-electron chi connectivity index (χ1n) is 3.95. The highest BCUT2D eigenvalue weighted by Crippen LogP contribution is 2.17. The monoisotopic (exact) mass is 157 g/mol. The highest BCUT2D eigenvalue weighted by Gasteiger charge is 2.26. The molecule has 1 aliphatic heterocycles. The van der Waals surface area contributed by atoms with Crippen molar-refractivity contribution in [2.24, 2.45) is 0 Å². The number of rotatable bonds is 1. The van der Waals surface area contributed by atoms with E-state index in [0.717, 1.165) is 6.42 Å². The predicted octanol–water partition coefficient (Wildman–Crippen LogP) is 0.642. The molecule has 2 atom stereocenters. The number of nitrogens with zero attached hydrogens (tertiary/aromatic N) is 1. The van der Waals surface area contributed by atoms with Crippen molar-refractivity contribution < 1.29 is 9.53 Å². The number of carbonyl (C=O) groups is 1. The molecule has 0 N–H and O–H groups in total. The molecule has 2 unspecified atom stereocenters. The summed E-state index contributed by atoms with van der Waals surface area (Å²) in [6.45, 7) is 1.94. The minimum atomic E-state index is -0.0672. The van der Waals surface area contributed by atoms with E-state index in [1.807, 2.05) is 21.0 Å². The van der Waals surface area contributed by atoms with Gasteiger partial charge in [0.15, 0.2) is 0 Å². The van der Waals surface area contributed by atoms with Crippen molar-refractivity contribution in [3.05, 3.63) is 0 Å². The highest BCUT2D eigenvalue weighted by molar-refractivity contribution is 5.71. The summed E-state index contributed by atoms with van der Waals surface area (Å²) in [6.07, 6.45) is 1.58. The topological polar surface area (TPSA) is 29.5 Å². The lowest BCUT2D eigenvalue weighted by Gasteiger charge is -2.30. The zero-order valence-electron chi connectivity index (χ0n) is 7.33. The molecular formula is C8H15NO2. The Morgan fingerprint density at radius 3 is 2.64 bits per heavy atom. The Labute approximate surface area is 67.3 Å². The molecule has 1 rings (SSSR count). The summed E-state index contributed by atoms with van der Waals surface area (Å²) in [7, 11) is 3.99. The molecule has 0 spiro atoms. The van der Waals surface area contributed by atoms with Gasteiger partial charge in [-0.15, -0.1) is 0 Å². The van der Waals surface area contributed by atoms with Crippen molar-refractivity contribution >= 4 is 5.97 Å². The van der Waals surface area contributed by atoms with Gasteiger partial charge in [0, 0.05) is 12.5 Å². The third-order valence-corrected chi connectivity index (χ3v) is 2.07. The smallest absolute Gasteiger partial charge is 0.307 e. The summed E-state index contributed by atoms with van der Waals surface area (Å²) < 4.78 is 5.00. The molecule has 64 valence electrons. The van der Waals surface area contributed by atoms with E-state index in [9.17, 15) is 4.79 Å². The molecule has 0 amide bonds. The minimum Gasteiger partial charge on any atom is -0.463 e. The molecule has 3 heteroatoms. The van der Waals surface area contributed by atoms with Crippen molar-refractivity contribution in [1.82, 2.24) is 4.90 Å². The molecule has 1 heterocycles. The van der Waals surface area contributed by atoms with E-state index in [1.54, 1.807) is 0 Å². The van der Waals surface area contributed by atoms with Crippen LogP contribution in [-0.2, 0) is 9.53 Å². The summed E-state index contributed by atoms with van der Waals surface area (Å²) in [6, 6.07) is 0.367. The fourth-order valence-electron chi connectivity index (χ4n) is 1.37. The maximum atomic E-state index is 10.9. The Morgan fingerprint density at radius 1 is 1.55 bits per heavy atom. The number of esters is 1. The SMILES string of the molecule is CC1CC(N(C)C)CC(=O)O1. The number of hydrogen-bond acceptors (Lipinski definition) is 3. The first-order valence-corrected chi connectivity index (χ1v) is 3.95. The van der Waals surface area contributed by atoms with Crippen LogP contribution in [0.3, 0.4) is 0 Å². The second kappa shape index (κ2) is 3.22. The third-order valence-electron chi connectivity index (χ3n) is 2.07. The van der Waals surface area contributed by atoms with Crippen LogP contribution in [0.15, 0.2) is 0 Å². The van der Waals surface area contributed by atoms with Gasteiger partial charge in [0.05, 0.1) is 6.42 Å². The van der Waals surface area contributed by atoms with Crippen LogP contribution in [0.4, 0.5) is 0 Å². The van der Waals surface area contributed by atoms with Gasteiger partial charge in [-0.1, -0.05) is 0 Å². The summed E-state index contributed by atoms with van der Waals surface area (Å²) in [4.78, 5) is 13.0. The van der Waals surface area contributed by atoms with Gasteiger partial charge in [0.2, 0.25) is 0 Å². The summed E-state index contributed by atoms with van der Waals surface area (Å²) in [5, 5.41) is 0. The number of cyclic esters (lactones) is 1. The molecule has 0 aromatic heterocycles. The fourth-order valence-corrected chi connectivity index (χ4v) is 1.37. The molecule has 3 nitrogen and oxygen atoms in total. The zero-order chi connectivity index (χ0) is 8.43. The van der Waals surface area contributed by atoms with Crippen LogP contribution >= 0.6 is 0 Å². The minimum absolute atomic E-state index is 0.0672. The van der Waals surface area contributed by atoms with Gasteiger partial charge in [-0.3, -0.25) is 4.79 Å². The maximum absolute atomic E-state index is 10.9. The van der Waals surface area contributed by atoms with E-state index in [2.05, 4.69) is 4.90 Å². The second-order valence-electron chi connectivity index (χ2n) is 3.36. The average molecular weight is 157 g/mol. The molecule has 0 bridgehead atoms. The molecule has 11 heavy (non-hydrogen) atoms. The number of carbonyl (C=O) groups excluding carboxylic acids is 1. The molecule has 0 aliphatic carbocycles. The number of hydrogen-bond donors (Lipinski definition) is 0. The number of ether oxygens (including phenoxy) is 1. The van der Waals surface area contributed by atoms with E-state index < -0.39 is 0 Å². The lowest BCUT2D eigenvalue weighted by Crippen LogP contribution is -2.39. The van der Waals surface area contributed by atoms with Crippen LogP contribution < -0.4 is 0 Å². The normalized spacial score (nSPS) is 32.2. The van der Waals surface area contributed by atoms with Gasteiger partial charge in [0.25, 0.3) is 0 Å². The Bertz CT molecular complexity index is 156. The van der Waals surface area contributed by atoms with Crippen LogP contribution in [0, 0.1) is 0 Å². The van der Waals surface area contributed by atoms with Gasteiger partial charge in [0.1, 0.15) is 6.10 Å². The standard InChI is InChI=1S/C8H15NO2/c1-6-4-7(9(2)3)5-8(10)11-6/h6-7H,4-5H2,1-3H3. The summed E-state index contributed by atoms with van der Waals surface area (Å²) in [5.74, 6) is -0.0672. The van der Waals surface area contributed by atoms with Crippen LogP contribution in [-0.4, -0.2) is 37.1 Å². The van der Waals surface area contributed by atoms with E-state index in [0.29, 0.717) is 12.5 Å². The predicted molar refractivity (Wildman–Crippen MR) is 42.3 cm³/mol. The zero-order valence-corrected chi connectivity index (χ0v) is 7.33. The Balaban J connectivity index is 2.49. The van der Waals surface area contributed by atoms with Gasteiger partial charge in [-0.2, -0.15) is 0 Å². The van der Waals surface area contributed by atoms with Crippen molar-refractivity contribution in [2.75, 3.05) is 14.1 Å². The third kappa shape index (κ3) is 2.19. The van der Waals surface area contributed by atoms with Gasteiger partial charge in [-0.25, -0.2) is 0 Å². The maximum Gasteiger partial charge on any atom is 0.307 e. The molecule has 1 aliphatic rings. The first kappa shape index (κ1) is 8.53. The molecular weight excluding hydrogens is 142 g/mol. The molecule has 0 aromatic rings. The van der Waals surface area contributed by atoms with Gasteiger partial charge >= 0.3 is 5.97 Å². The second-order valence-corrected chi connectivity index (χ2v) is 3.36. The van der Waals surface area contributed by atoms with E-state index in [4.69, 9.17) is 4.74 Å². The Hall–Kier alpha value is -0.570. The van der Waals surface area contributed by atoms with Crippen LogP contribution in [0.2, 0.25) is 0 Å². The van der Waals surface area contributed by atoms with E-state index in [-0.39, 0.29) is 12.1 Å². The van der Waals surface area contributed by atoms with E-state index >= 15 is 0 Å². The van der Waals surface area contributed by atoms with E-state index in [1.165, 1.54) is 0 Å². The van der Waals surface area contributed by atoms with Crippen LogP contribution in [0.5, 0.6) is 0 Å². The molecule has 1 fully saturated rings. The Kier molecular flexibility index (Phi) is 2.49. The van der Waals surface area contributed by atoms with Gasteiger partial charge in [-0.05, 0) is 21.0 Å². The van der Waals surface area contributed by atoms with Gasteiger partial charge < -0.3 is 9.64 Å².